The fourth-order valence-electron chi connectivity index (χ4n) is 0. The fourth-order valence-corrected chi connectivity index (χ4v) is 0. The first-order chi connectivity index (χ1) is 18.1. The van der Waals surface area contributed by atoms with Gasteiger partial charge in [0, 0.05) is 182 Å². The molecular weight excluding hydrogens is 1010 g/mol. The number of ether oxygens (including phenoxy) is 2. The van der Waals surface area contributed by atoms with Crippen LogP contribution in [0, 0.1) is 0 Å². The molecule has 0 aromatic carbocycles. The van der Waals surface area contributed by atoms with E-state index in [1.807, 2.05) is 27.7 Å². The van der Waals surface area contributed by atoms with Crippen molar-refractivity contribution in [1.29, 1.82) is 0 Å². The molecule has 0 saturated heterocycles. The monoisotopic (exact) mass is 1080 g/mol. The number of methoxy groups -OCH3 is 2. The molecule has 0 saturated carbocycles. The maximum atomic E-state index is 9.70. The Hall–Kier alpha value is -0.240. The van der Waals surface area contributed by atoms with Crippen LogP contribution >= 0.6 is 0 Å². The van der Waals surface area contributed by atoms with Gasteiger partial charge in [0.25, 0.3) is 25.4 Å². The Bertz CT molecular complexity index is 476. The second-order valence-electron chi connectivity index (χ2n) is 4.51. The van der Waals surface area contributed by atoms with Gasteiger partial charge in [0.1, 0.15) is 0 Å². The maximum Gasteiger partial charge on any atom is 0.300 e. The van der Waals surface area contributed by atoms with E-state index in [-0.39, 0.29) is 172 Å². The summed E-state index contributed by atoms with van der Waals surface area (Å²) in [5, 5.41) is 23.9. The number of hydrogen-bond acceptors (Lipinski definition) is 10. The van der Waals surface area contributed by atoms with E-state index >= 15 is 0 Å². The third-order valence-electron chi connectivity index (χ3n) is 1.60. The van der Waals surface area contributed by atoms with Gasteiger partial charge in [-0.1, -0.05) is 50.0 Å². The molecule has 0 rings (SSSR count). The average molecular weight is 1080 g/mol. The number of carboxylic acids is 1. The van der Waals surface area contributed by atoms with Gasteiger partial charge in [-0.05, 0) is 0 Å². The van der Waals surface area contributed by atoms with Crippen molar-refractivity contribution in [3.63, 3.8) is 0 Å². The molecule has 46 heavy (non-hydrogen) atoms. The summed E-state index contributed by atoms with van der Waals surface area (Å²) in [7, 11) is 9.02. The summed E-state index contributed by atoms with van der Waals surface area (Å²) in [5.41, 5.74) is 0. The number of amides is 4. The third kappa shape index (κ3) is 840. The van der Waals surface area contributed by atoms with Crippen LogP contribution < -0.4 is 21.3 Å². The van der Waals surface area contributed by atoms with Crippen molar-refractivity contribution in [3.05, 3.63) is 0 Å². The zero-order valence-corrected chi connectivity index (χ0v) is 39.8. The molecule has 20 heteroatoms. The molecule has 6 N–H and O–H groups in total. The van der Waals surface area contributed by atoms with E-state index in [1.54, 1.807) is 28.2 Å². The minimum absolute atomic E-state index is 0. The van der Waals surface area contributed by atoms with E-state index in [1.165, 1.54) is 41.9 Å². The summed E-state index contributed by atoms with van der Waals surface area (Å²) in [5.74, 6) is -0.815. The van der Waals surface area contributed by atoms with Crippen LogP contribution in [-0.4, -0.2) is 102 Å². The summed E-state index contributed by atoms with van der Waals surface area (Å²) in [4.78, 5) is 74.1. The molecule has 16 nitrogen and oxygen atoms in total. The van der Waals surface area contributed by atoms with Gasteiger partial charge in [-0.2, -0.15) is 0 Å². The Balaban J connectivity index is -0.0000000135. The number of carboxylic acid groups (broad SMARTS) is 2. The van der Waals surface area contributed by atoms with Crippen molar-refractivity contribution < 1.29 is 177 Å². The molecule has 0 bridgehead atoms. The predicted molar refractivity (Wildman–Crippen MR) is 170 cm³/mol. The van der Waals surface area contributed by atoms with E-state index in [0.717, 1.165) is 6.92 Å². The van der Waals surface area contributed by atoms with Gasteiger partial charge >= 0.3 is 0 Å². The Morgan fingerprint density at radius 1 is 0.522 bits per heavy atom. The zero-order valence-electron chi connectivity index (χ0n) is 28.3. The zero-order chi connectivity index (χ0) is 34.3. The normalized spacial score (nSPS) is 4.93. The van der Waals surface area contributed by atoms with Crippen LogP contribution in [0.25, 0.3) is 0 Å². The van der Waals surface area contributed by atoms with Crippen molar-refractivity contribution in [2.75, 3.05) is 42.4 Å². The second kappa shape index (κ2) is 152. The van der Waals surface area contributed by atoms with Gasteiger partial charge in [-0.25, -0.2) is 0 Å². The molecule has 0 aliphatic carbocycles. The Labute approximate surface area is 370 Å². The Morgan fingerprint density at radius 3 is 0.565 bits per heavy atom. The first-order valence-corrected chi connectivity index (χ1v) is 11.0. The van der Waals surface area contributed by atoms with Crippen LogP contribution in [0.2, 0.25) is 0 Å². The van der Waals surface area contributed by atoms with Gasteiger partial charge in [-0.15, -0.1) is 0 Å². The summed E-state index contributed by atoms with van der Waals surface area (Å²) in [6, 6.07) is 0. The predicted octanol–water partition coefficient (Wildman–Crippen LogP) is 2.33. The summed E-state index contributed by atoms with van der Waals surface area (Å²) in [6.45, 7) is 15.5. The van der Waals surface area contributed by atoms with Crippen molar-refractivity contribution in [1.82, 2.24) is 21.3 Å². The minimum atomic E-state index is -0.833. The van der Waals surface area contributed by atoms with Crippen LogP contribution in [0.1, 0.15) is 84.6 Å². The first kappa shape index (κ1) is 111. The molecule has 0 unspecified atom stereocenters. The van der Waals surface area contributed by atoms with Crippen molar-refractivity contribution >= 4 is 49.0 Å². The van der Waals surface area contributed by atoms with Gasteiger partial charge < -0.3 is 41.0 Å². The van der Waals surface area contributed by atoms with Crippen molar-refractivity contribution in [3.8, 4) is 0 Å². The molecule has 4 amide bonds. The quantitative estimate of drug-likeness (QED) is 0.219. The van der Waals surface area contributed by atoms with E-state index in [9.17, 15) is 19.2 Å². The third-order valence-corrected chi connectivity index (χ3v) is 1.60. The number of aliphatic carboxylic acids is 1. The van der Waals surface area contributed by atoms with Gasteiger partial charge in [0.2, 0.25) is 23.6 Å². The first-order valence-electron chi connectivity index (χ1n) is 11.0. The van der Waals surface area contributed by atoms with Gasteiger partial charge in [-0.3, -0.25) is 38.4 Å². The summed E-state index contributed by atoms with van der Waals surface area (Å²) >= 11 is 0. The van der Waals surface area contributed by atoms with Crippen LogP contribution in [0.3, 0.4) is 0 Å². The molecule has 0 aliphatic rings. The van der Waals surface area contributed by atoms with Crippen molar-refractivity contribution in [2.24, 2.45) is 0 Å². The molecule has 277 valence electrons. The summed E-state index contributed by atoms with van der Waals surface area (Å²) in [6.07, 6.45) is 0. The summed E-state index contributed by atoms with van der Waals surface area (Å²) < 4.78 is 7.72. The minimum Gasteiger partial charge on any atom is -0.483 e. The molecule has 0 aromatic rings. The molecule has 0 heterocycles. The Kier molecular flexibility index (Phi) is 366. The standard InChI is InChI=1S/4C3H7NO.3C2H4O2.2C2H6.CH2O2.3CH4.W.3Y/c4*1-3(5)4-2;2*1-4-2-3;1-2(3)4;2*1-2;2-1-3;;;;;;;/h4*1-2H3,(H,4,5);2*2H,1H3;1H3,(H,3,4);2*1-2H3;1H,(H,2,3);3*1H4;;;;. The van der Waals surface area contributed by atoms with Gasteiger partial charge in [0.15, 0.2) is 0 Å². The molecule has 3 radical (unpaired) electrons. The van der Waals surface area contributed by atoms with E-state index in [2.05, 4.69) is 30.7 Å². The number of hydrogen-bond donors (Lipinski definition) is 6. The molecule has 0 aliphatic heterocycles. The molecule has 0 spiro atoms. The smallest absolute Gasteiger partial charge is 0.300 e. The maximum absolute atomic E-state index is 9.70. The molecule has 0 atom stereocenters. The fraction of sp³-hybridized carbons (Fsp3) is 0.692. The van der Waals surface area contributed by atoms with Crippen LogP contribution in [-0.2, 0) is 167 Å². The average Bonchev–Trinajstić information content (AvgIpc) is 2.92. The topological polar surface area (TPSA) is 244 Å². The number of carbonyl (C=O) groups excluding carboxylic acids is 6. The van der Waals surface area contributed by atoms with Gasteiger partial charge in [0.05, 0.1) is 14.2 Å². The van der Waals surface area contributed by atoms with E-state index in [4.69, 9.17) is 29.4 Å². The van der Waals surface area contributed by atoms with Crippen LogP contribution in [0.5, 0.6) is 0 Å². The second-order valence-corrected chi connectivity index (χ2v) is 4.51. The molecule has 0 fully saturated rings. The number of carbonyl (C=O) groups is 8. The van der Waals surface area contributed by atoms with Crippen LogP contribution in [0.4, 0.5) is 0 Å². The molecular formula is C26H66N4O12WY3. The van der Waals surface area contributed by atoms with E-state index in [0.29, 0.717) is 12.9 Å². The largest absolute Gasteiger partial charge is 0.483 e. The van der Waals surface area contributed by atoms with Crippen LogP contribution in [0.15, 0.2) is 0 Å². The van der Waals surface area contributed by atoms with Crippen molar-refractivity contribution in [2.45, 2.75) is 84.6 Å². The van der Waals surface area contributed by atoms with E-state index < -0.39 is 5.97 Å². The molecule has 0 aromatic heterocycles. The Morgan fingerprint density at radius 2 is 0.565 bits per heavy atom. The number of nitrogens with one attached hydrogen (secondary N) is 4. The SMILES string of the molecule is C.C.C.CC.CC.CC(=O)O.CNC(C)=O.CNC(C)=O.CNC(C)=O.CNC(C)=O.COC=O.COC=O.O=CO.[W].[Y].[Y].[Y]. The number of rotatable bonds is 2.